The average molecular weight is 299 g/mol. The molecule has 2 aromatic rings. The molecule has 1 aromatic heterocycles. The standard InChI is InChI=1S/C17H21N3O2/c1-12(2)16-10-15(19-22-16)17(21)20-9-8-14(11-20)18-13-6-4-3-5-7-13/h3-7,10,12,14,18H,8-9,11H2,1-2H3. The maximum atomic E-state index is 12.5. The Labute approximate surface area is 130 Å². The van der Waals surface area contributed by atoms with Gasteiger partial charge in [0.15, 0.2) is 5.69 Å². The van der Waals surface area contributed by atoms with Crippen molar-refractivity contribution < 1.29 is 9.32 Å². The normalized spacial score (nSPS) is 18.0. The molecule has 1 unspecified atom stereocenters. The molecule has 1 aromatic carbocycles. The van der Waals surface area contributed by atoms with Crippen LogP contribution in [0.5, 0.6) is 0 Å². The summed E-state index contributed by atoms with van der Waals surface area (Å²) in [6.45, 7) is 5.47. The minimum absolute atomic E-state index is 0.0481. The number of carbonyl (C=O) groups excluding carboxylic acids is 1. The van der Waals surface area contributed by atoms with Gasteiger partial charge >= 0.3 is 0 Å². The molecule has 3 rings (SSSR count). The first kappa shape index (κ1) is 14.6. The number of hydrogen-bond acceptors (Lipinski definition) is 4. The molecule has 1 aliphatic rings. The molecule has 116 valence electrons. The molecule has 1 aliphatic heterocycles. The lowest BCUT2D eigenvalue weighted by Gasteiger charge is -2.16. The van der Waals surface area contributed by atoms with Crippen molar-refractivity contribution in [1.82, 2.24) is 10.1 Å². The molecule has 0 bridgehead atoms. The van der Waals surface area contributed by atoms with E-state index < -0.39 is 0 Å². The number of carbonyl (C=O) groups is 1. The Hall–Kier alpha value is -2.30. The molecule has 0 radical (unpaired) electrons. The van der Waals surface area contributed by atoms with Gasteiger partial charge in [0.1, 0.15) is 5.76 Å². The fraction of sp³-hybridized carbons (Fsp3) is 0.412. The van der Waals surface area contributed by atoms with E-state index in [1.165, 1.54) is 0 Å². The number of likely N-dealkylation sites (tertiary alicyclic amines) is 1. The number of nitrogens with zero attached hydrogens (tertiary/aromatic N) is 2. The van der Waals surface area contributed by atoms with Crippen LogP contribution < -0.4 is 5.32 Å². The number of amides is 1. The van der Waals surface area contributed by atoms with Crippen molar-refractivity contribution in [1.29, 1.82) is 0 Å². The van der Waals surface area contributed by atoms with E-state index in [2.05, 4.69) is 10.5 Å². The second kappa shape index (κ2) is 6.22. The van der Waals surface area contributed by atoms with Crippen LogP contribution in [0, 0.1) is 0 Å². The summed E-state index contributed by atoms with van der Waals surface area (Å²) >= 11 is 0. The van der Waals surface area contributed by atoms with Crippen LogP contribution in [0.25, 0.3) is 0 Å². The minimum Gasteiger partial charge on any atom is -0.380 e. The van der Waals surface area contributed by atoms with Gasteiger partial charge in [0.2, 0.25) is 0 Å². The lowest BCUT2D eigenvalue weighted by Crippen LogP contribution is -2.31. The summed E-state index contributed by atoms with van der Waals surface area (Å²) in [6.07, 6.45) is 0.940. The molecule has 2 heterocycles. The first-order valence-corrected chi connectivity index (χ1v) is 7.71. The topological polar surface area (TPSA) is 58.4 Å². The van der Waals surface area contributed by atoms with Gasteiger partial charge in [-0.1, -0.05) is 37.2 Å². The van der Waals surface area contributed by atoms with Crippen molar-refractivity contribution in [3.63, 3.8) is 0 Å². The van der Waals surface area contributed by atoms with Crippen LogP contribution in [0.3, 0.4) is 0 Å². The SMILES string of the molecule is CC(C)c1cc(C(=O)N2CCC(Nc3ccccc3)C2)no1. The van der Waals surface area contributed by atoms with Gasteiger partial charge in [0, 0.05) is 36.8 Å². The fourth-order valence-corrected chi connectivity index (χ4v) is 2.66. The van der Waals surface area contributed by atoms with E-state index in [9.17, 15) is 4.79 Å². The number of rotatable bonds is 4. The van der Waals surface area contributed by atoms with E-state index >= 15 is 0 Å². The van der Waals surface area contributed by atoms with Gasteiger partial charge in [0.25, 0.3) is 5.91 Å². The molecule has 5 nitrogen and oxygen atoms in total. The minimum atomic E-state index is -0.0481. The number of benzene rings is 1. The van der Waals surface area contributed by atoms with E-state index in [-0.39, 0.29) is 17.9 Å². The molecule has 1 N–H and O–H groups in total. The summed E-state index contributed by atoms with van der Waals surface area (Å²) in [4.78, 5) is 14.3. The van der Waals surface area contributed by atoms with Crippen LogP contribution >= 0.6 is 0 Å². The Morgan fingerprint density at radius 3 is 2.82 bits per heavy atom. The fourth-order valence-electron chi connectivity index (χ4n) is 2.66. The van der Waals surface area contributed by atoms with Gasteiger partial charge < -0.3 is 14.7 Å². The van der Waals surface area contributed by atoms with Crippen LogP contribution in [-0.2, 0) is 0 Å². The zero-order valence-electron chi connectivity index (χ0n) is 13.0. The van der Waals surface area contributed by atoms with Crippen LogP contribution in [0.1, 0.15) is 42.4 Å². The molecule has 1 fully saturated rings. The second-order valence-electron chi connectivity index (χ2n) is 6.02. The van der Waals surface area contributed by atoms with E-state index in [0.29, 0.717) is 12.2 Å². The van der Waals surface area contributed by atoms with Gasteiger partial charge in [-0.25, -0.2) is 0 Å². The summed E-state index contributed by atoms with van der Waals surface area (Å²) in [7, 11) is 0. The summed E-state index contributed by atoms with van der Waals surface area (Å²) in [5, 5.41) is 7.37. The Morgan fingerprint density at radius 1 is 1.36 bits per heavy atom. The highest BCUT2D eigenvalue weighted by atomic mass is 16.5. The molecule has 22 heavy (non-hydrogen) atoms. The van der Waals surface area contributed by atoms with Gasteiger partial charge in [-0.15, -0.1) is 0 Å². The molecule has 0 saturated carbocycles. The molecule has 1 amide bonds. The van der Waals surface area contributed by atoms with Gasteiger partial charge in [-0.2, -0.15) is 0 Å². The smallest absolute Gasteiger partial charge is 0.276 e. The molecule has 0 aliphatic carbocycles. The number of hydrogen-bond donors (Lipinski definition) is 1. The average Bonchev–Trinajstić information content (AvgIpc) is 3.17. The van der Waals surface area contributed by atoms with Crippen molar-refractivity contribution >= 4 is 11.6 Å². The summed E-state index contributed by atoms with van der Waals surface area (Å²) in [6, 6.07) is 12.1. The van der Waals surface area contributed by atoms with Crippen LogP contribution in [-0.4, -0.2) is 35.1 Å². The first-order valence-electron chi connectivity index (χ1n) is 7.71. The summed E-state index contributed by atoms with van der Waals surface area (Å²) < 4.78 is 5.22. The highest BCUT2D eigenvalue weighted by molar-refractivity contribution is 5.92. The van der Waals surface area contributed by atoms with Crippen LogP contribution in [0.2, 0.25) is 0 Å². The third-order valence-corrected chi connectivity index (χ3v) is 3.94. The zero-order valence-corrected chi connectivity index (χ0v) is 13.0. The third-order valence-electron chi connectivity index (χ3n) is 3.94. The number of aromatic nitrogens is 1. The van der Waals surface area contributed by atoms with Crippen molar-refractivity contribution in [2.45, 2.75) is 32.2 Å². The van der Waals surface area contributed by atoms with Crippen molar-refractivity contribution in [2.75, 3.05) is 18.4 Å². The van der Waals surface area contributed by atoms with Gasteiger partial charge in [-0.05, 0) is 18.6 Å². The number of anilines is 1. The van der Waals surface area contributed by atoms with E-state index in [4.69, 9.17) is 4.52 Å². The van der Waals surface area contributed by atoms with E-state index in [1.54, 1.807) is 6.07 Å². The number of para-hydroxylation sites is 1. The lowest BCUT2D eigenvalue weighted by molar-refractivity contribution is 0.0781. The molecular weight excluding hydrogens is 278 g/mol. The predicted molar refractivity (Wildman–Crippen MR) is 85.0 cm³/mol. The number of nitrogens with one attached hydrogen (secondary N) is 1. The van der Waals surface area contributed by atoms with Crippen LogP contribution in [0.15, 0.2) is 40.9 Å². The summed E-state index contributed by atoms with van der Waals surface area (Å²) in [5.41, 5.74) is 1.49. The van der Waals surface area contributed by atoms with E-state index in [1.807, 2.05) is 49.1 Å². The maximum Gasteiger partial charge on any atom is 0.276 e. The third kappa shape index (κ3) is 3.13. The molecule has 0 spiro atoms. The van der Waals surface area contributed by atoms with Crippen molar-refractivity contribution in [3.8, 4) is 0 Å². The lowest BCUT2D eigenvalue weighted by atomic mass is 10.1. The highest BCUT2D eigenvalue weighted by Gasteiger charge is 2.28. The Balaban J connectivity index is 1.60. The zero-order chi connectivity index (χ0) is 15.5. The van der Waals surface area contributed by atoms with Gasteiger partial charge in [0.05, 0.1) is 0 Å². The van der Waals surface area contributed by atoms with E-state index in [0.717, 1.165) is 24.4 Å². The van der Waals surface area contributed by atoms with Crippen LogP contribution in [0.4, 0.5) is 5.69 Å². The Bertz CT molecular complexity index is 636. The highest BCUT2D eigenvalue weighted by Crippen LogP contribution is 2.20. The monoisotopic (exact) mass is 299 g/mol. The Morgan fingerprint density at radius 2 is 2.14 bits per heavy atom. The molecule has 1 atom stereocenters. The quantitative estimate of drug-likeness (QED) is 0.942. The first-order chi connectivity index (χ1) is 10.6. The second-order valence-corrected chi connectivity index (χ2v) is 6.02. The van der Waals surface area contributed by atoms with Gasteiger partial charge in [-0.3, -0.25) is 4.79 Å². The van der Waals surface area contributed by atoms with Crippen molar-refractivity contribution in [3.05, 3.63) is 47.9 Å². The molecule has 1 saturated heterocycles. The maximum absolute atomic E-state index is 12.5. The molecule has 5 heteroatoms. The van der Waals surface area contributed by atoms with Crippen molar-refractivity contribution in [2.24, 2.45) is 0 Å². The predicted octanol–water partition coefficient (Wildman–Crippen LogP) is 3.12. The summed E-state index contributed by atoms with van der Waals surface area (Å²) in [5.74, 6) is 0.939. The Kier molecular flexibility index (Phi) is 4.13. The molecular formula is C17H21N3O2. The largest absolute Gasteiger partial charge is 0.380 e.